The zero-order valence-corrected chi connectivity index (χ0v) is 13.1. The van der Waals surface area contributed by atoms with E-state index in [0.717, 1.165) is 19.3 Å². The van der Waals surface area contributed by atoms with Crippen molar-refractivity contribution in [2.75, 3.05) is 6.61 Å². The molecule has 130 valence electrons. The van der Waals surface area contributed by atoms with Crippen LogP contribution in [0, 0.1) is 0 Å². The smallest absolute Gasteiger partial charge is 0.328 e. The van der Waals surface area contributed by atoms with Crippen molar-refractivity contribution >= 4 is 5.97 Å². The van der Waals surface area contributed by atoms with Crippen LogP contribution in [0.4, 0.5) is 0 Å². The van der Waals surface area contributed by atoms with Crippen LogP contribution in [0.5, 0.6) is 0 Å². The van der Waals surface area contributed by atoms with Gasteiger partial charge in [0, 0.05) is 0 Å². The predicted molar refractivity (Wildman–Crippen MR) is 78.6 cm³/mol. The highest BCUT2D eigenvalue weighted by atomic mass is 16.7. The van der Waals surface area contributed by atoms with Gasteiger partial charge in [-0.15, -0.1) is 0 Å². The van der Waals surface area contributed by atoms with Crippen molar-refractivity contribution in [2.24, 2.45) is 11.5 Å². The standard InChI is InChI=1S/C14H28N2O6/c1-3-4-5-6-14(2,16)13(20)22-12-9(15)11(19)10(18)8(7-17)21-12/h8-12,17-19H,3-7,15-16H2,1-2H3/t8-,9-,10-,11-,12?,14?/m1/s1. The van der Waals surface area contributed by atoms with Crippen LogP contribution < -0.4 is 11.5 Å². The lowest BCUT2D eigenvalue weighted by Crippen LogP contribution is -2.63. The molecule has 1 rings (SSSR count). The van der Waals surface area contributed by atoms with E-state index in [2.05, 4.69) is 0 Å². The molecule has 1 saturated heterocycles. The fraction of sp³-hybridized carbons (Fsp3) is 0.929. The quantitative estimate of drug-likeness (QED) is 0.284. The molecule has 0 aromatic heterocycles. The predicted octanol–water partition coefficient (Wildman–Crippen LogP) is -1.41. The summed E-state index contributed by atoms with van der Waals surface area (Å²) in [6.45, 7) is 3.08. The number of esters is 1. The SMILES string of the molecule is CCCCCC(C)(N)C(=O)OC1O[C@H](CO)[C@@H](O)[C@H](O)[C@H]1N. The molecule has 0 spiro atoms. The maximum absolute atomic E-state index is 12.2. The molecule has 8 heteroatoms. The van der Waals surface area contributed by atoms with Gasteiger partial charge >= 0.3 is 5.97 Å². The molecule has 0 amide bonds. The monoisotopic (exact) mass is 320 g/mol. The molecule has 2 unspecified atom stereocenters. The number of carbonyl (C=O) groups is 1. The Kier molecular flexibility index (Phi) is 7.17. The summed E-state index contributed by atoms with van der Waals surface area (Å²) in [5.41, 5.74) is 10.5. The van der Waals surface area contributed by atoms with Gasteiger partial charge in [-0.3, -0.25) is 0 Å². The van der Waals surface area contributed by atoms with E-state index in [1.54, 1.807) is 6.92 Å². The van der Waals surface area contributed by atoms with Crippen LogP contribution in [-0.4, -0.2) is 64.1 Å². The van der Waals surface area contributed by atoms with E-state index in [-0.39, 0.29) is 0 Å². The Labute approximate surface area is 130 Å². The van der Waals surface area contributed by atoms with Gasteiger partial charge in [-0.2, -0.15) is 0 Å². The molecule has 6 atom stereocenters. The van der Waals surface area contributed by atoms with E-state index in [9.17, 15) is 15.0 Å². The van der Waals surface area contributed by atoms with E-state index in [4.69, 9.17) is 26.0 Å². The Morgan fingerprint density at radius 3 is 2.50 bits per heavy atom. The van der Waals surface area contributed by atoms with Crippen LogP contribution in [0.2, 0.25) is 0 Å². The Bertz CT molecular complexity index is 363. The lowest BCUT2D eigenvalue weighted by atomic mass is 9.95. The first-order valence-corrected chi connectivity index (χ1v) is 7.62. The Morgan fingerprint density at radius 2 is 1.95 bits per heavy atom. The molecule has 0 saturated carbocycles. The molecule has 1 aliphatic heterocycles. The third-order valence-electron chi connectivity index (χ3n) is 3.92. The van der Waals surface area contributed by atoms with Gasteiger partial charge < -0.3 is 36.3 Å². The molecule has 1 heterocycles. The molecule has 1 aliphatic rings. The van der Waals surface area contributed by atoms with Crippen molar-refractivity contribution in [2.45, 2.75) is 75.7 Å². The summed E-state index contributed by atoms with van der Waals surface area (Å²) >= 11 is 0. The highest BCUT2D eigenvalue weighted by molar-refractivity contribution is 5.80. The van der Waals surface area contributed by atoms with Crippen LogP contribution in [0.3, 0.4) is 0 Å². The Morgan fingerprint density at radius 1 is 1.32 bits per heavy atom. The number of hydrogen-bond donors (Lipinski definition) is 5. The van der Waals surface area contributed by atoms with Crippen molar-refractivity contribution in [3.63, 3.8) is 0 Å². The second kappa shape index (κ2) is 8.19. The molecule has 1 fully saturated rings. The van der Waals surface area contributed by atoms with Gasteiger partial charge in [0.25, 0.3) is 0 Å². The summed E-state index contributed by atoms with van der Waals surface area (Å²) in [6.07, 6.45) is -1.85. The maximum atomic E-state index is 12.2. The van der Waals surface area contributed by atoms with Gasteiger partial charge in [-0.25, -0.2) is 4.79 Å². The van der Waals surface area contributed by atoms with Crippen molar-refractivity contribution in [3.8, 4) is 0 Å². The van der Waals surface area contributed by atoms with E-state index in [0.29, 0.717) is 6.42 Å². The van der Waals surface area contributed by atoms with E-state index in [1.807, 2.05) is 6.92 Å². The van der Waals surface area contributed by atoms with E-state index in [1.165, 1.54) is 0 Å². The maximum Gasteiger partial charge on any atom is 0.328 e. The molecule has 8 nitrogen and oxygen atoms in total. The molecule has 7 N–H and O–H groups in total. The van der Waals surface area contributed by atoms with Gasteiger partial charge in [0.05, 0.1) is 12.6 Å². The van der Waals surface area contributed by atoms with Crippen molar-refractivity contribution in [1.29, 1.82) is 0 Å². The van der Waals surface area contributed by atoms with Crippen LogP contribution in [0.1, 0.15) is 39.5 Å². The summed E-state index contributed by atoms with van der Waals surface area (Å²) in [5, 5.41) is 28.6. The minimum absolute atomic E-state index is 0.455. The van der Waals surface area contributed by atoms with Gasteiger partial charge in [0.2, 0.25) is 6.29 Å². The molecular formula is C14H28N2O6. The van der Waals surface area contributed by atoms with Crippen LogP contribution >= 0.6 is 0 Å². The number of rotatable bonds is 7. The number of unbranched alkanes of at least 4 members (excludes halogenated alkanes) is 2. The number of ether oxygens (including phenoxy) is 2. The normalized spacial score (nSPS) is 35.0. The Hall–Kier alpha value is -0.770. The molecule has 22 heavy (non-hydrogen) atoms. The Balaban J connectivity index is 2.65. The fourth-order valence-electron chi connectivity index (χ4n) is 2.29. The highest BCUT2D eigenvalue weighted by Gasteiger charge is 2.45. The summed E-state index contributed by atoms with van der Waals surface area (Å²) < 4.78 is 10.4. The average molecular weight is 320 g/mol. The molecule has 0 bridgehead atoms. The zero-order chi connectivity index (χ0) is 16.9. The number of nitrogens with two attached hydrogens (primary N) is 2. The largest absolute Gasteiger partial charge is 0.433 e. The topological polar surface area (TPSA) is 148 Å². The summed E-state index contributed by atoms with van der Waals surface area (Å²) in [7, 11) is 0. The van der Waals surface area contributed by atoms with Gasteiger partial charge in [-0.05, 0) is 13.3 Å². The number of aliphatic hydroxyl groups is 3. The molecule has 0 aliphatic carbocycles. The lowest BCUT2D eigenvalue weighted by molar-refractivity contribution is -0.261. The zero-order valence-electron chi connectivity index (χ0n) is 13.1. The number of carbonyl (C=O) groups excluding carboxylic acids is 1. The lowest BCUT2D eigenvalue weighted by Gasteiger charge is -2.40. The van der Waals surface area contributed by atoms with Crippen molar-refractivity contribution in [1.82, 2.24) is 0 Å². The molecular weight excluding hydrogens is 292 g/mol. The average Bonchev–Trinajstić information content (AvgIpc) is 2.47. The molecule has 0 radical (unpaired) electrons. The third-order valence-corrected chi connectivity index (χ3v) is 3.92. The van der Waals surface area contributed by atoms with E-state index < -0.39 is 48.8 Å². The third kappa shape index (κ3) is 4.61. The van der Waals surface area contributed by atoms with Crippen molar-refractivity contribution in [3.05, 3.63) is 0 Å². The molecule has 0 aromatic rings. The van der Waals surface area contributed by atoms with Gasteiger partial charge in [0.15, 0.2) is 0 Å². The number of aliphatic hydroxyl groups excluding tert-OH is 3. The fourth-order valence-corrected chi connectivity index (χ4v) is 2.29. The van der Waals surface area contributed by atoms with Crippen LogP contribution in [0.15, 0.2) is 0 Å². The molecule has 0 aromatic carbocycles. The minimum Gasteiger partial charge on any atom is -0.433 e. The highest BCUT2D eigenvalue weighted by Crippen LogP contribution is 2.23. The van der Waals surface area contributed by atoms with Gasteiger partial charge in [-0.1, -0.05) is 26.2 Å². The van der Waals surface area contributed by atoms with Crippen LogP contribution in [-0.2, 0) is 14.3 Å². The first-order chi connectivity index (χ1) is 10.2. The second-order valence-electron chi connectivity index (χ2n) is 6.06. The van der Waals surface area contributed by atoms with E-state index >= 15 is 0 Å². The summed E-state index contributed by atoms with van der Waals surface area (Å²) in [4.78, 5) is 12.2. The first-order valence-electron chi connectivity index (χ1n) is 7.62. The summed E-state index contributed by atoms with van der Waals surface area (Å²) in [5.74, 6) is -0.690. The van der Waals surface area contributed by atoms with Crippen molar-refractivity contribution < 1.29 is 29.6 Å². The second-order valence-corrected chi connectivity index (χ2v) is 6.06. The number of hydrogen-bond acceptors (Lipinski definition) is 8. The van der Waals surface area contributed by atoms with Gasteiger partial charge in [0.1, 0.15) is 23.9 Å². The van der Waals surface area contributed by atoms with Crippen LogP contribution in [0.25, 0.3) is 0 Å². The minimum atomic E-state index is -1.37. The summed E-state index contributed by atoms with van der Waals surface area (Å²) in [6, 6.07) is -1.12. The first kappa shape index (κ1) is 19.3.